The van der Waals surface area contributed by atoms with Crippen LogP contribution in [0.2, 0.25) is 0 Å². The molecule has 2 aliphatic heterocycles. The summed E-state index contributed by atoms with van der Waals surface area (Å²) in [6.07, 6.45) is 5.04. The van der Waals surface area contributed by atoms with E-state index in [0.717, 1.165) is 18.6 Å². The average molecular weight is 330 g/mol. The number of piperidine rings is 1. The topological polar surface area (TPSA) is 58.6 Å². The monoisotopic (exact) mass is 330 g/mol. The molecule has 0 spiro atoms. The summed E-state index contributed by atoms with van der Waals surface area (Å²) < 4.78 is 5.09. The third-order valence-corrected chi connectivity index (χ3v) is 5.37. The van der Waals surface area contributed by atoms with Crippen molar-refractivity contribution < 1.29 is 14.3 Å². The van der Waals surface area contributed by atoms with Gasteiger partial charge in [-0.1, -0.05) is 0 Å². The van der Waals surface area contributed by atoms with Crippen molar-refractivity contribution in [2.75, 3.05) is 14.2 Å². The van der Waals surface area contributed by atoms with Gasteiger partial charge in [-0.2, -0.15) is 0 Å². The summed E-state index contributed by atoms with van der Waals surface area (Å²) in [5, 5.41) is 3.59. The van der Waals surface area contributed by atoms with Crippen LogP contribution >= 0.6 is 0 Å². The lowest BCUT2D eigenvalue weighted by atomic mass is 9.98. The van der Waals surface area contributed by atoms with E-state index in [4.69, 9.17) is 4.74 Å². The fraction of sp³-hybridized carbons (Fsp3) is 0.579. The molecule has 5 nitrogen and oxygen atoms in total. The molecule has 2 atom stereocenters. The molecule has 1 N–H and O–H groups in total. The molecule has 24 heavy (non-hydrogen) atoms. The zero-order chi connectivity index (χ0) is 17.1. The largest absolute Gasteiger partial charge is 0.497 e. The van der Waals surface area contributed by atoms with Crippen LogP contribution in [0.3, 0.4) is 0 Å². The molecule has 2 bridgehead atoms. The van der Waals surface area contributed by atoms with E-state index in [0.29, 0.717) is 23.7 Å². The van der Waals surface area contributed by atoms with Gasteiger partial charge in [0.25, 0.3) is 0 Å². The first-order valence-corrected chi connectivity index (χ1v) is 8.75. The Morgan fingerprint density at radius 3 is 2.33 bits per heavy atom. The number of benzene rings is 1. The molecule has 2 saturated heterocycles. The van der Waals surface area contributed by atoms with E-state index >= 15 is 0 Å². The van der Waals surface area contributed by atoms with E-state index in [9.17, 15) is 9.59 Å². The van der Waals surface area contributed by atoms with Crippen molar-refractivity contribution in [1.82, 2.24) is 10.2 Å². The van der Waals surface area contributed by atoms with Crippen molar-refractivity contribution in [2.45, 2.75) is 56.7 Å². The van der Waals surface area contributed by atoms with Gasteiger partial charge in [-0.15, -0.1) is 0 Å². The highest BCUT2D eigenvalue weighted by atomic mass is 16.5. The highest BCUT2D eigenvalue weighted by Crippen LogP contribution is 2.29. The molecule has 2 heterocycles. The highest BCUT2D eigenvalue weighted by molar-refractivity contribution is 5.98. The van der Waals surface area contributed by atoms with Gasteiger partial charge < -0.3 is 15.0 Å². The number of carbonyl (C=O) groups is 2. The van der Waals surface area contributed by atoms with E-state index in [1.807, 2.05) is 11.9 Å². The maximum absolute atomic E-state index is 12.4. The molecule has 2 aliphatic rings. The lowest BCUT2D eigenvalue weighted by molar-refractivity contribution is -0.132. The van der Waals surface area contributed by atoms with Crippen LogP contribution in [0, 0.1) is 0 Å². The molecule has 0 aromatic heterocycles. The van der Waals surface area contributed by atoms with Gasteiger partial charge in [0.2, 0.25) is 5.91 Å². The number of ketones is 1. The normalized spacial score (nSPS) is 25.3. The molecule has 0 saturated carbocycles. The van der Waals surface area contributed by atoms with Crippen LogP contribution in [0.4, 0.5) is 0 Å². The number of rotatable bonds is 6. The summed E-state index contributed by atoms with van der Waals surface area (Å²) in [5.74, 6) is 0.802. The molecule has 2 unspecified atom stereocenters. The molecular formula is C19H26N2O3. The lowest BCUT2D eigenvalue weighted by Crippen LogP contribution is -2.48. The Hall–Kier alpha value is -1.88. The van der Waals surface area contributed by atoms with Crippen molar-refractivity contribution in [3.63, 3.8) is 0 Å². The Morgan fingerprint density at radius 1 is 1.12 bits per heavy atom. The standard InChI is InChI=1S/C19H26N2O3/c1-21(16-11-14-5-6-15(12-16)20-14)19(23)10-9-18(22)13-3-7-17(24-2)8-4-13/h3-4,7-8,14-16,20H,5-6,9-12H2,1-2H3. The van der Waals surface area contributed by atoms with E-state index in [-0.39, 0.29) is 24.5 Å². The molecular weight excluding hydrogens is 304 g/mol. The minimum Gasteiger partial charge on any atom is -0.497 e. The van der Waals surface area contributed by atoms with Crippen LogP contribution < -0.4 is 10.1 Å². The number of carbonyl (C=O) groups excluding carboxylic acids is 2. The quantitative estimate of drug-likeness (QED) is 0.814. The summed E-state index contributed by atoms with van der Waals surface area (Å²) in [5.41, 5.74) is 0.631. The lowest BCUT2D eigenvalue weighted by Gasteiger charge is -2.35. The maximum atomic E-state index is 12.4. The number of amides is 1. The predicted molar refractivity (Wildman–Crippen MR) is 92.3 cm³/mol. The second-order valence-electron chi connectivity index (χ2n) is 6.92. The van der Waals surface area contributed by atoms with Gasteiger partial charge in [-0.3, -0.25) is 9.59 Å². The number of fused-ring (bicyclic) bond motifs is 2. The smallest absolute Gasteiger partial charge is 0.223 e. The zero-order valence-corrected chi connectivity index (χ0v) is 14.5. The summed E-state index contributed by atoms with van der Waals surface area (Å²) in [4.78, 5) is 26.6. The van der Waals surface area contributed by atoms with Gasteiger partial charge in [0.1, 0.15) is 5.75 Å². The van der Waals surface area contributed by atoms with Crippen molar-refractivity contribution in [2.24, 2.45) is 0 Å². The van der Waals surface area contributed by atoms with Gasteiger partial charge >= 0.3 is 0 Å². The maximum Gasteiger partial charge on any atom is 0.223 e. The summed E-state index contributed by atoms with van der Waals surface area (Å²) >= 11 is 0. The van der Waals surface area contributed by atoms with Crippen LogP contribution in [0.15, 0.2) is 24.3 Å². The number of Topliss-reactive ketones (excluding diaryl/α,β-unsaturated/α-hetero) is 1. The van der Waals surface area contributed by atoms with Crippen LogP contribution in [0.5, 0.6) is 5.75 Å². The van der Waals surface area contributed by atoms with Gasteiger partial charge in [0.15, 0.2) is 5.78 Å². The third-order valence-electron chi connectivity index (χ3n) is 5.37. The molecule has 5 heteroatoms. The zero-order valence-electron chi connectivity index (χ0n) is 14.5. The number of ether oxygens (including phenoxy) is 1. The Morgan fingerprint density at radius 2 is 1.75 bits per heavy atom. The van der Waals surface area contributed by atoms with E-state index in [1.165, 1.54) is 12.8 Å². The van der Waals surface area contributed by atoms with Crippen LogP contribution in [0.1, 0.15) is 48.9 Å². The minimum atomic E-state index is 0.00443. The molecule has 1 aromatic rings. The SMILES string of the molecule is COc1ccc(C(=O)CCC(=O)N(C)C2CC3CCC(C2)N3)cc1. The Labute approximate surface area is 143 Å². The van der Waals surface area contributed by atoms with Crippen LogP contribution in [0.25, 0.3) is 0 Å². The van der Waals surface area contributed by atoms with Crippen molar-refractivity contribution in [1.29, 1.82) is 0 Å². The second kappa shape index (κ2) is 7.34. The third kappa shape index (κ3) is 3.78. The summed E-state index contributed by atoms with van der Waals surface area (Å²) in [6.45, 7) is 0. The second-order valence-corrected chi connectivity index (χ2v) is 6.92. The molecule has 130 valence electrons. The first-order valence-electron chi connectivity index (χ1n) is 8.75. The number of hydrogen-bond acceptors (Lipinski definition) is 4. The summed E-state index contributed by atoms with van der Waals surface area (Å²) in [7, 11) is 3.48. The Kier molecular flexibility index (Phi) is 5.19. The summed E-state index contributed by atoms with van der Waals surface area (Å²) in [6, 6.07) is 8.47. The van der Waals surface area contributed by atoms with Crippen molar-refractivity contribution >= 4 is 11.7 Å². The predicted octanol–water partition coefficient (Wildman–Crippen LogP) is 2.40. The van der Waals surface area contributed by atoms with Gasteiger partial charge in [0.05, 0.1) is 7.11 Å². The van der Waals surface area contributed by atoms with E-state index in [1.54, 1.807) is 31.4 Å². The molecule has 0 radical (unpaired) electrons. The first kappa shape index (κ1) is 17.0. The highest BCUT2D eigenvalue weighted by Gasteiger charge is 2.36. The Balaban J connectivity index is 1.50. The number of nitrogens with one attached hydrogen (secondary N) is 1. The van der Waals surface area contributed by atoms with Gasteiger partial charge in [0, 0.05) is 43.6 Å². The minimum absolute atomic E-state index is 0.00443. The molecule has 1 aromatic carbocycles. The van der Waals surface area contributed by atoms with Gasteiger partial charge in [-0.25, -0.2) is 0 Å². The van der Waals surface area contributed by atoms with Crippen molar-refractivity contribution in [3.05, 3.63) is 29.8 Å². The number of nitrogens with zero attached hydrogens (tertiary/aromatic N) is 1. The average Bonchev–Trinajstić information content (AvgIpc) is 2.96. The fourth-order valence-electron chi connectivity index (χ4n) is 3.87. The van der Waals surface area contributed by atoms with Crippen LogP contribution in [-0.4, -0.2) is 48.9 Å². The van der Waals surface area contributed by atoms with Gasteiger partial charge in [-0.05, 0) is 49.9 Å². The molecule has 2 fully saturated rings. The fourth-order valence-corrected chi connectivity index (χ4v) is 3.87. The van der Waals surface area contributed by atoms with Crippen LogP contribution in [-0.2, 0) is 4.79 Å². The Bertz CT molecular complexity index is 587. The number of hydrogen-bond donors (Lipinski definition) is 1. The molecule has 3 rings (SSSR count). The van der Waals surface area contributed by atoms with E-state index in [2.05, 4.69) is 5.32 Å². The molecule has 0 aliphatic carbocycles. The molecule has 1 amide bonds. The first-order chi connectivity index (χ1) is 11.6. The van der Waals surface area contributed by atoms with Crippen molar-refractivity contribution in [3.8, 4) is 5.75 Å². The number of methoxy groups -OCH3 is 1. The van der Waals surface area contributed by atoms with E-state index < -0.39 is 0 Å².